The van der Waals surface area contributed by atoms with Crippen molar-refractivity contribution in [1.82, 2.24) is 4.98 Å². The van der Waals surface area contributed by atoms with E-state index in [1.807, 2.05) is 6.07 Å². The van der Waals surface area contributed by atoms with E-state index in [-0.39, 0.29) is 5.75 Å². The summed E-state index contributed by atoms with van der Waals surface area (Å²) in [6, 6.07) is 20.7. The standard InChI is InChI=1S/C13H12.C6H7NOS/c1-11-7-9-13(10-8-11)12-5-3-2-4-6-12;1-4-6(8)5(9)2-3-7-4/h2-10H,1H3;2-3,8H,1H3,(H,7,9). The van der Waals surface area contributed by atoms with Crippen LogP contribution < -0.4 is 0 Å². The van der Waals surface area contributed by atoms with Crippen LogP contribution in [0.4, 0.5) is 0 Å². The van der Waals surface area contributed by atoms with Gasteiger partial charge in [-0.3, -0.25) is 0 Å². The third kappa shape index (κ3) is 4.30. The Morgan fingerprint density at radius 3 is 1.95 bits per heavy atom. The number of benzene rings is 2. The van der Waals surface area contributed by atoms with Crippen LogP contribution in [0.25, 0.3) is 11.1 Å². The van der Waals surface area contributed by atoms with Gasteiger partial charge in [0.05, 0.1) is 10.2 Å². The molecular formula is C19H19NOS. The highest BCUT2D eigenvalue weighted by Gasteiger charge is 1.94. The van der Waals surface area contributed by atoms with Gasteiger partial charge in [-0.05, 0) is 31.0 Å². The Hall–Kier alpha value is -2.39. The average molecular weight is 309 g/mol. The van der Waals surface area contributed by atoms with Gasteiger partial charge in [-0.15, -0.1) is 0 Å². The van der Waals surface area contributed by atoms with Crippen LogP contribution in [-0.4, -0.2) is 10.1 Å². The normalized spacial score (nSPS) is 9.73. The highest BCUT2D eigenvalue weighted by Crippen LogP contribution is 2.18. The molecule has 112 valence electrons. The van der Waals surface area contributed by atoms with Crippen molar-refractivity contribution in [3.63, 3.8) is 0 Å². The fourth-order valence-electron chi connectivity index (χ4n) is 1.95. The van der Waals surface area contributed by atoms with E-state index < -0.39 is 0 Å². The Morgan fingerprint density at radius 2 is 1.41 bits per heavy atom. The van der Waals surface area contributed by atoms with Gasteiger partial charge in [-0.1, -0.05) is 72.4 Å². The number of aromatic hydroxyl groups is 1. The summed E-state index contributed by atoms with van der Waals surface area (Å²) in [6.07, 6.45) is 1.71. The minimum atomic E-state index is 0.174. The second kappa shape index (κ2) is 7.57. The summed E-state index contributed by atoms with van der Waals surface area (Å²) >= 11 is 4.77. The van der Waals surface area contributed by atoms with Crippen molar-refractivity contribution in [1.29, 1.82) is 0 Å². The number of aromatic amines is 1. The van der Waals surface area contributed by atoms with Crippen molar-refractivity contribution < 1.29 is 5.11 Å². The van der Waals surface area contributed by atoms with Crippen LogP contribution in [-0.2, 0) is 0 Å². The molecule has 22 heavy (non-hydrogen) atoms. The molecule has 3 aromatic rings. The first kappa shape index (κ1) is 16.0. The van der Waals surface area contributed by atoms with Gasteiger partial charge in [-0.25, -0.2) is 0 Å². The summed E-state index contributed by atoms with van der Waals surface area (Å²) in [5, 5.41) is 9.07. The van der Waals surface area contributed by atoms with Crippen LogP contribution in [0.2, 0.25) is 0 Å². The van der Waals surface area contributed by atoms with Crippen LogP contribution in [0.3, 0.4) is 0 Å². The van der Waals surface area contributed by atoms with Gasteiger partial charge < -0.3 is 10.1 Å². The van der Waals surface area contributed by atoms with Crippen molar-refractivity contribution in [2.45, 2.75) is 13.8 Å². The van der Waals surface area contributed by atoms with E-state index in [1.54, 1.807) is 19.2 Å². The number of pyridine rings is 1. The molecule has 0 spiro atoms. The maximum Gasteiger partial charge on any atom is 0.152 e. The van der Waals surface area contributed by atoms with Crippen molar-refractivity contribution in [3.8, 4) is 16.9 Å². The van der Waals surface area contributed by atoms with E-state index in [1.165, 1.54) is 16.7 Å². The molecular weight excluding hydrogens is 290 g/mol. The lowest BCUT2D eigenvalue weighted by Crippen LogP contribution is -1.79. The Kier molecular flexibility index (Phi) is 5.50. The van der Waals surface area contributed by atoms with Gasteiger partial charge in [0.25, 0.3) is 0 Å². The van der Waals surface area contributed by atoms with Gasteiger partial charge in [0.2, 0.25) is 0 Å². The van der Waals surface area contributed by atoms with Crippen LogP contribution in [0, 0.1) is 18.4 Å². The molecule has 0 aliphatic carbocycles. The molecule has 2 aromatic carbocycles. The summed E-state index contributed by atoms with van der Waals surface area (Å²) in [4.78, 5) is 2.82. The largest absolute Gasteiger partial charge is 0.505 e. The molecule has 0 amide bonds. The van der Waals surface area contributed by atoms with Gasteiger partial charge in [0.1, 0.15) is 0 Å². The molecule has 3 heteroatoms. The van der Waals surface area contributed by atoms with E-state index in [4.69, 9.17) is 17.3 Å². The first-order chi connectivity index (χ1) is 10.6. The molecule has 0 radical (unpaired) electrons. The summed E-state index contributed by atoms with van der Waals surface area (Å²) in [5.41, 5.74) is 4.58. The van der Waals surface area contributed by atoms with Gasteiger partial charge in [0, 0.05) is 6.20 Å². The molecule has 0 aliphatic heterocycles. The second-order valence-corrected chi connectivity index (χ2v) is 5.49. The molecule has 0 saturated heterocycles. The summed E-state index contributed by atoms with van der Waals surface area (Å²) in [5.74, 6) is 0.174. The highest BCUT2D eigenvalue weighted by atomic mass is 32.1. The van der Waals surface area contributed by atoms with Crippen molar-refractivity contribution in [3.05, 3.63) is 82.6 Å². The van der Waals surface area contributed by atoms with Gasteiger partial charge >= 0.3 is 0 Å². The number of hydrogen-bond acceptors (Lipinski definition) is 2. The second-order valence-electron chi connectivity index (χ2n) is 5.05. The zero-order valence-corrected chi connectivity index (χ0v) is 13.5. The monoisotopic (exact) mass is 309 g/mol. The molecule has 2 N–H and O–H groups in total. The fourth-order valence-corrected chi connectivity index (χ4v) is 2.17. The molecule has 0 unspecified atom stereocenters. The molecule has 0 saturated carbocycles. The van der Waals surface area contributed by atoms with Crippen LogP contribution >= 0.6 is 12.2 Å². The molecule has 0 fully saturated rings. The minimum absolute atomic E-state index is 0.174. The van der Waals surface area contributed by atoms with E-state index >= 15 is 0 Å². The molecule has 0 aliphatic rings. The average Bonchev–Trinajstić information content (AvgIpc) is 2.55. The SMILES string of the molecule is Cc1[nH]ccc(=S)c1O.Cc1ccc(-c2ccccc2)cc1. The number of hydrogen-bond donors (Lipinski definition) is 2. The number of aryl methyl sites for hydroxylation is 2. The van der Waals surface area contributed by atoms with Crippen molar-refractivity contribution in [2.75, 3.05) is 0 Å². The zero-order valence-electron chi connectivity index (χ0n) is 12.7. The van der Waals surface area contributed by atoms with E-state index in [0.717, 1.165) is 0 Å². The van der Waals surface area contributed by atoms with E-state index in [0.29, 0.717) is 10.2 Å². The van der Waals surface area contributed by atoms with Crippen molar-refractivity contribution >= 4 is 12.2 Å². The summed E-state index contributed by atoms with van der Waals surface area (Å²) < 4.78 is 0.492. The molecule has 1 aromatic heterocycles. The third-order valence-corrected chi connectivity index (χ3v) is 3.61. The number of aromatic nitrogens is 1. The molecule has 0 atom stereocenters. The maximum atomic E-state index is 9.07. The quantitative estimate of drug-likeness (QED) is 0.589. The van der Waals surface area contributed by atoms with Crippen molar-refractivity contribution in [2.24, 2.45) is 0 Å². The summed E-state index contributed by atoms with van der Waals surface area (Å²) in [6.45, 7) is 3.87. The summed E-state index contributed by atoms with van der Waals surface area (Å²) in [7, 11) is 0. The fraction of sp³-hybridized carbons (Fsp3) is 0.105. The van der Waals surface area contributed by atoms with Gasteiger partial charge in [-0.2, -0.15) is 0 Å². The number of H-pyrrole nitrogens is 1. The number of rotatable bonds is 1. The lowest BCUT2D eigenvalue weighted by atomic mass is 10.0. The topological polar surface area (TPSA) is 36.0 Å². The van der Waals surface area contributed by atoms with Gasteiger partial charge in [0.15, 0.2) is 5.75 Å². The third-order valence-electron chi connectivity index (χ3n) is 3.28. The smallest absolute Gasteiger partial charge is 0.152 e. The zero-order chi connectivity index (χ0) is 15.9. The lowest BCUT2D eigenvalue weighted by Gasteiger charge is -2.00. The molecule has 3 rings (SSSR count). The van der Waals surface area contributed by atoms with E-state index in [9.17, 15) is 0 Å². The first-order valence-corrected chi connectivity index (χ1v) is 7.48. The highest BCUT2D eigenvalue weighted by molar-refractivity contribution is 7.71. The van der Waals surface area contributed by atoms with E-state index in [2.05, 4.69) is 60.4 Å². The lowest BCUT2D eigenvalue weighted by molar-refractivity contribution is 0.465. The Morgan fingerprint density at radius 1 is 0.818 bits per heavy atom. The Balaban J connectivity index is 0.000000172. The predicted molar refractivity (Wildman–Crippen MR) is 94.6 cm³/mol. The van der Waals surface area contributed by atoms with Crippen LogP contribution in [0.5, 0.6) is 5.75 Å². The predicted octanol–water partition coefficient (Wildman–Crippen LogP) is 5.42. The molecule has 1 heterocycles. The Bertz CT molecular complexity index is 777. The molecule has 0 bridgehead atoms. The Labute approximate surface area is 136 Å². The maximum absolute atomic E-state index is 9.07. The molecule has 2 nitrogen and oxygen atoms in total. The van der Waals surface area contributed by atoms with Crippen LogP contribution in [0.1, 0.15) is 11.3 Å². The number of nitrogens with one attached hydrogen (secondary N) is 1. The minimum Gasteiger partial charge on any atom is -0.505 e. The first-order valence-electron chi connectivity index (χ1n) is 7.07. The van der Waals surface area contributed by atoms with Crippen LogP contribution in [0.15, 0.2) is 66.9 Å².